The molecular formula is C21H21F3N2O2S. The molecule has 0 atom stereocenters. The highest BCUT2D eigenvalue weighted by molar-refractivity contribution is 7.80. The number of phenols is 1. The summed E-state index contributed by atoms with van der Waals surface area (Å²) in [6.45, 7) is 0.537. The maximum absolute atomic E-state index is 11.9. The van der Waals surface area contributed by atoms with E-state index < -0.39 is 11.7 Å². The average molecular weight is 422 g/mol. The van der Waals surface area contributed by atoms with Crippen LogP contribution in [0.2, 0.25) is 0 Å². The van der Waals surface area contributed by atoms with E-state index >= 15 is 0 Å². The first kappa shape index (κ1) is 22.3. The van der Waals surface area contributed by atoms with Gasteiger partial charge in [-0.15, -0.1) is 12.6 Å². The Bertz CT molecular complexity index is 932. The van der Waals surface area contributed by atoms with Crippen LogP contribution in [0.1, 0.15) is 11.1 Å². The molecule has 0 aliphatic carbocycles. The number of nitrogens with one attached hydrogen (secondary N) is 1. The number of rotatable bonds is 4. The molecule has 29 heavy (non-hydrogen) atoms. The minimum atomic E-state index is -4.30. The molecule has 3 aromatic rings. The summed E-state index contributed by atoms with van der Waals surface area (Å²) in [5, 5.41) is 13.2. The number of methoxy groups -OCH3 is 1. The molecule has 0 spiro atoms. The number of halogens is 3. The van der Waals surface area contributed by atoms with Crippen molar-refractivity contribution in [2.75, 3.05) is 18.2 Å². The normalized spacial score (nSPS) is 10.7. The Balaban J connectivity index is 0.000000234. The van der Waals surface area contributed by atoms with Crippen molar-refractivity contribution in [1.29, 1.82) is 0 Å². The molecule has 0 aliphatic heterocycles. The fraction of sp³-hybridized carbons (Fsp3) is 0.143. The van der Waals surface area contributed by atoms with Crippen molar-refractivity contribution in [2.24, 2.45) is 0 Å². The number of nitrogens with two attached hydrogens (primary N) is 1. The quantitative estimate of drug-likeness (QED) is 0.327. The van der Waals surface area contributed by atoms with Gasteiger partial charge in [0.1, 0.15) is 0 Å². The van der Waals surface area contributed by atoms with Crippen LogP contribution in [0, 0.1) is 0 Å². The zero-order valence-corrected chi connectivity index (χ0v) is 16.5. The highest BCUT2D eigenvalue weighted by atomic mass is 32.1. The molecule has 8 heteroatoms. The maximum atomic E-state index is 11.9. The van der Waals surface area contributed by atoms with E-state index in [9.17, 15) is 18.3 Å². The molecule has 0 heterocycles. The molecule has 154 valence electrons. The first-order valence-corrected chi connectivity index (χ1v) is 8.96. The molecule has 0 amide bonds. The van der Waals surface area contributed by atoms with E-state index in [0.717, 1.165) is 28.3 Å². The zero-order valence-electron chi connectivity index (χ0n) is 15.6. The Labute approximate surface area is 172 Å². The fourth-order valence-electron chi connectivity index (χ4n) is 2.37. The van der Waals surface area contributed by atoms with Crippen LogP contribution in [-0.2, 0) is 12.7 Å². The highest BCUT2D eigenvalue weighted by Gasteiger charge is 2.30. The second-order valence-corrected chi connectivity index (χ2v) is 6.51. The Kier molecular flexibility index (Phi) is 7.67. The predicted octanol–water partition coefficient (Wildman–Crippen LogP) is 5.59. The molecular weight excluding hydrogens is 401 g/mol. The summed E-state index contributed by atoms with van der Waals surface area (Å²) in [5.41, 5.74) is 6.35. The lowest BCUT2D eigenvalue weighted by Crippen LogP contribution is -2.04. The van der Waals surface area contributed by atoms with Gasteiger partial charge >= 0.3 is 6.18 Å². The molecule has 0 aromatic heterocycles. The van der Waals surface area contributed by atoms with Crippen molar-refractivity contribution < 1.29 is 23.0 Å². The van der Waals surface area contributed by atoms with Gasteiger partial charge in [-0.2, -0.15) is 13.2 Å². The number of aromatic hydroxyl groups is 1. The number of ether oxygens (including phenoxy) is 1. The van der Waals surface area contributed by atoms with Crippen LogP contribution in [0.4, 0.5) is 24.5 Å². The largest absolute Gasteiger partial charge is 0.504 e. The van der Waals surface area contributed by atoms with E-state index in [-0.39, 0.29) is 11.4 Å². The molecule has 0 bridgehead atoms. The van der Waals surface area contributed by atoms with Crippen LogP contribution in [0.5, 0.6) is 11.5 Å². The van der Waals surface area contributed by atoms with E-state index in [4.69, 9.17) is 10.5 Å². The molecule has 3 rings (SSSR count). The minimum Gasteiger partial charge on any atom is -0.504 e. The lowest BCUT2D eigenvalue weighted by molar-refractivity contribution is -0.137. The monoisotopic (exact) mass is 422 g/mol. The number of anilines is 2. The Morgan fingerprint density at radius 2 is 1.69 bits per heavy atom. The third-order valence-electron chi connectivity index (χ3n) is 3.87. The topological polar surface area (TPSA) is 67.5 Å². The summed E-state index contributed by atoms with van der Waals surface area (Å²) in [4.78, 5) is 0.921. The molecule has 0 saturated carbocycles. The van der Waals surface area contributed by atoms with Crippen molar-refractivity contribution in [3.05, 3.63) is 77.9 Å². The SMILES string of the molecule is COc1cccc(CNc2ccc(S)cc2)c1O.Nc1cccc(C(F)(F)F)c1. The number of alkyl halides is 3. The van der Waals surface area contributed by atoms with E-state index in [1.54, 1.807) is 6.07 Å². The number of nitrogen functional groups attached to an aromatic ring is 1. The maximum Gasteiger partial charge on any atom is 0.416 e. The molecule has 0 radical (unpaired) electrons. The van der Waals surface area contributed by atoms with Crippen molar-refractivity contribution >= 4 is 24.0 Å². The molecule has 0 fully saturated rings. The lowest BCUT2D eigenvalue weighted by Gasteiger charge is -2.10. The van der Waals surface area contributed by atoms with E-state index in [1.807, 2.05) is 36.4 Å². The first-order chi connectivity index (χ1) is 13.7. The molecule has 0 unspecified atom stereocenters. The zero-order chi connectivity index (χ0) is 21.4. The van der Waals surface area contributed by atoms with Crippen LogP contribution in [0.15, 0.2) is 71.6 Å². The number of thiol groups is 1. The summed E-state index contributed by atoms with van der Waals surface area (Å²) in [6.07, 6.45) is -4.30. The van der Waals surface area contributed by atoms with Crippen molar-refractivity contribution in [2.45, 2.75) is 17.6 Å². The number of benzene rings is 3. The lowest BCUT2D eigenvalue weighted by atomic mass is 10.2. The van der Waals surface area contributed by atoms with Crippen LogP contribution < -0.4 is 15.8 Å². The van der Waals surface area contributed by atoms with Crippen molar-refractivity contribution in [3.63, 3.8) is 0 Å². The highest BCUT2D eigenvalue weighted by Crippen LogP contribution is 2.30. The number of phenolic OH excluding ortho intramolecular Hbond substituents is 1. The van der Waals surface area contributed by atoms with Gasteiger partial charge in [0.15, 0.2) is 11.5 Å². The summed E-state index contributed by atoms with van der Waals surface area (Å²) in [7, 11) is 1.54. The number of para-hydroxylation sites is 1. The molecule has 4 N–H and O–H groups in total. The smallest absolute Gasteiger partial charge is 0.416 e. The first-order valence-electron chi connectivity index (χ1n) is 8.51. The van der Waals surface area contributed by atoms with Gasteiger partial charge in [0, 0.05) is 28.4 Å². The van der Waals surface area contributed by atoms with E-state index in [1.165, 1.54) is 19.2 Å². The molecule has 3 aromatic carbocycles. The van der Waals surface area contributed by atoms with Gasteiger partial charge in [0.2, 0.25) is 0 Å². The Hall–Kier alpha value is -3.00. The minimum absolute atomic E-state index is 0.125. The van der Waals surface area contributed by atoms with Crippen LogP contribution in [0.3, 0.4) is 0 Å². The van der Waals surface area contributed by atoms with Crippen LogP contribution >= 0.6 is 12.6 Å². The van der Waals surface area contributed by atoms with Gasteiger partial charge in [-0.3, -0.25) is 0 Å². The second kappa shape index (κ2) is 9.97. The van der Waals surface area contributed by atoms with Crippen molar-refractivity contribution in [3.8, 4) is 11.5 Å². The molecule has 0 saturated heterocycles. The van der Waals surface area contributed by atoms with E-state index in [0.29, 0.717) is 12.3 Å². The summed E-state index contributed by atoms with van der Waals surface area (Å²) in [6, 6.07) is 17.7. The van der Waals surface area contributed by atoms with Gasteiger partial charge in [-0.05, 0) is 48.5 Å². The third-order valence-corrected chi connectivity index (χ3v) is 4.16. The summed E-state index contributed by atoms with van der Waals surface area (Å²) < 4.78 is 40.8. The van der Waals surface area contributed by atoms with Gasteiger partial charge < -0.3 is 20.9 Å². The Morgan fingerprint density at radius 1 is 1.03 bits per heavy atom. The predicted molar refractivity (Wildman–Crippen MR) is 112 cm³/mol. The van der Waals surface area contributed by atoms with E-state index in [2.05, 4.69) is 17.9 Å². The van der Waals surface area contributed by atoms with Gasteiger partial charge in [0.05, 0.1) is 12.7 Å². The van der Waals surface area contributed by atoms with Gasteiger partial charge in [0.25, 0.3) is 0 Å². The average Bonchev–Trinajstić information content (AvgIpc) is 2.68. The number of hydrogen-bond donors (Lipinski definition) is 4. The van der Waals surface area contributed by atoms with Crippen molar-refractivity contribution in [1.82, 2.24) is 0 Å². The second-order valence-electron chi connectivity index (χ2n) is 5.99. The summed E-state index contributed by atoms with van der Waals surface area (Å²) in [5.74, 6) is 0.665. The standard InChI is InChI=1S/C14H15NO2S.C7H6F3N/c1-17-13-4-2-3-10(14(13)16)9-15-11-5-7-12(18)8-6-11;8-7(9,10)5-2-1-3-6(11)4-5/h2-8,15-16,18H,9H2,1H3;1-4H,11H2. The van der Waals surface area contributed by atoms with Gasteiger partial charge in [-0.1, -0.05) is 18.2 Å². The molecule has 0 aliphatic rings. The van der Waals surface area contributed by atoms with Crippen LogP contribution in [0.25, 0.3) is 0 Å². The summed E-state index contributed by atoms with van der Waals surface area (Å²) >= 11 is 4.23. The van der Waals surface area contributed by atoms with Gasteiger partial charge in [-0.25, -0.2) is 0 Å². The Morgan fingerprint density at radius 3 is 2.24 bits per heavy atom. The number of hydrogen-bond acceptors (Lipinski definition) is 5. The third kappa shape index (κ3) is 6.83. The van der Waals surface area contributed by atoms with Crippen LogP contribution in [-0.4, -0.2) is 12.2 Å². The fourth-order valence-corrected chi connectivity index (χ4v) is 2.52. The molecule has 4 nitrogen and oxygen atoms in total.